The molecule has 0 amide bonds. The van der Waals surface area contributed by atoms with Crippen LogP contribution in [0.4, 0.5) is 5.69 Å². The molecule has 0 aliphatic heterocycles. The third-order valence-corrected chi connectivity index (χ3v) is 5.40. The summed E-state index contributed by atoms with van der Waals surface area (Å²) in [4.78, 5) is 11.1. The molecule has 0 aromatic heterocycles. The van der Waals surface area contributed by atoms with Crippen LogP contribution in [0.25, 0.3) is 0 Å². The normalized spacial score (nSPS) is 11.3. The average Bonchev–Trinajstić information content (AvgIpc) is 2.41. The Hall–Kier alpha value is -2.05. The van der Waals surface area contributed by atoms with Gasteiger partial charge in [0.15, 0.2) is 0 Å². The van der Waals surface area contributed by atoms with Crippen molar-refractivity contribution in [2.75, 3.05) is 4.72 Å². The molecule has 0 saturated heterocycles. The molecule has 0 heterocycles. The van der Waals surface area contributed by atoms with E-state index in [0.29, 0.717) is 21.8 Å². The fraction of sp³-hybridized carbons (Fsp3) is 0.188. The van der Waals surface area contributed by atoms with Gasteiger partial charge in [-0.2, -0.15) is 0 Å². The van der Waals surface area contributed by atoms with E-state index in [1.165, 1.54) is 12.1 Å². The molecule has 2 rings (SSSR count). The minimum atomic E-state index is -3.92. The quantitative estimate of drug-likeness (QED) is 0.876. The van der Waals surface area contributed by atoms with E-state index in [4.69, 9.17) is 11.6 Å². The van der Waals surface area contributed by atoms with Gasteiger partial charge in [0.1, 0.15) is 0 Å². The number of hydrogen-bond acceptors (Lipinski definition) is 3. The number of carboxylic acids is 1. The van der Waals surface area contributed by atoms with Crippen LogP contribution in [-0.4, -0.2) is 19.5 Å². The number of aryl methyl sites for hydroxylation is 3. The van der Waals surface area contributed by atoms with Crippen LogP contribution in [-0.2, 0) is 10.0 Å². The molecule has 2 aromatic carbocycles. The predicted octanol–water partition coefficient (Wildman–Crippen LogP) is 3.76. The molecule has 0 atom stereocenters. The van der Waals surface area contributed by atoms with Crippen LogP contribution < -0.4 is 4.72 Å². The lowest BCUT2D eigenvalue weighted by Gasteiger charge is -2.13. The van der Waals surface area contributed by atoms with Crippen molar-refractivity contribution in [2.45, 2.75) is 25.7 Å². The number of carboxylic acid groups (broad SMARTS) is 1. The molecule has 0 saturated carbocycles. The van der Waals surface area contributed by atoms with Gasteiger partial charge >= 0.3 is 5.97 Å². The molecular weight excluding hydrogens is 338 g/mol. The minimum absolute atomic E-state index is 0.0436. The number of aromatic carboxylic acids is 1. The Morgan fingerprint density at radius 2 is 1.70 bits per heavy atom. The van der Waals surface area contributed by atoms with Gasteiger partial charge in [-0.1, -0.05) is 23.7 Å². The zero-order valence-corrected chi connectivity index (χ0v) is 14.4. The van der Waals surface area contributed by atoms with Crippen LogP contribution in [0.3, 0.4) is 0 Å². The summed E-state index contributed by atoms with van der Waals surface area (Å²) in [5.41, 5.74) is 2.08. The first kappa shape index (κ1) is 17.3. The Morgan fingerprint density at radius 3 is 2.26 bits per heavy atom. The second-order valence-electron chi connectivity index (χ2n) is 5.31. The van der Waals surface area contributed by atoms with Crippen LogP contribution in [0.5, 0.6) is 0 Å². The molecule has 122 valence electrons. The van der Waals surface area contributed by atoms with Crippen molar-refractivity contribution in [3.8, 4) is 0 Å². The molecule has 0 aliphatic rings. The summed E-state index contributed by atoms with van der Waals surface area (Å²) in [5.74, 6) is -1.17. The largest absolute Gasteiger partial charge is 0.478 e. The standard InChI is InChI=1S/C16H16ClNO4S/c1-9-4-5-12(7-14(9)17)18-23(21,22)15-8-13(16(19)20)10(2)6-11(15)3/h4-8,18H,1-3H3,(H,19,20). The minimum Gasteiger partial charge on any atom is -0.478 e. The van der Waals surface area contributed by atoms with Gasteiger partial charge in [0.25, 0.3) is 10.0 Å². The zero-order chi connectivity index (χ0) is 17.4. The van der Waals surface area contributed by atoms with Gasteiger partial charge in [-0.25, -0.2) is 13.2 Å². The number of rotatable bonds is 4. The molecule has 0 radical (unpaired) electrons. The molecule has 0 unspecified atom stereocenters. The van der Waals surface area contributed by atoms with Crippen LogP contribution in [0.1, 0.15) is 27.0 Å². The fourth-order valence-corrected chi connectivity index (χ4v) is 3.70. The number of sulfonamides is 1. The summed E-state index contributed by atoms with van der Waals surface area (Å²) in [5, 5.41) is 9.61. The number of benzene rings is 2. The van der Waals surface area contributed by atoms with Gasteiger partial charge in [-0.05, 0) is 55.7 Å². The summed E-state index contributed by atoms with van der Waals surface area (Å²) >= 11 is 5.99. The summed E-state index contributed by atoms with van der Waals surface area (Å²) < 4.78 is 27.5. The molecule has 0 spiro atoms. The molecular formula is C16H16ClNO4S. The average molecular weight is 354 g/mol. The Labute approximate surface area is 140 Å². The number of carbonyl (C=O) groups is 1. The topological polar surface area (TPSA) is 83.5 Å². The van der Waals surface area contributed by atoms with Crippen molar-refractivity contribution >= 4 is 33.3 Å². The van der Waals surface area contributed by atoms with E-state index in [2.05, 4.69) is 4.72 Å². The van der Waals surface area contributed by atoms with E-state index in [1.54, 1.807) is 32.0 Å². The van der Waals surface area contributed by atoms with Crippen LogP contribution in [0.2, 0.25) is 5.02 Å². The smallest absolute Gasteiger partial charge is 0.335 e. The van der Waals surface area contributed by atoms with Gasteiger partial charge in [0.05, 0.1) is 16.1 Å². The van der Waals surface area contributed by atoms with Gasteiger partial charge in [-0.15, -0.1) is 0 Å². The van der Waals surface area contributed by atoms with Crippen molar-refractivity contribution in [1.82, 2.24) is 0 Å². The van der Waals surface area contributed by atoms with E-state index >= 15 is 0 Å². The molecule has 2 aromatic rings. The first-order chi connectivity index (χ1) is 10.6. The molecule has 23 heavy (non-hydrogen) atoms. The second-order valence-corrected chi connectivity index (χ2v) is 7.37. The Morgan fingerprint density at radius 1 is 1.04 bits per heavy atom. The molecule has 5 nitrogen and oxygen atoms in total. The molecule has 2 N–H and O–H groups in total. The van der Waals surface area contributed by atoms with Crippen molar-refractivity contribution < 1.29 is 18.3 Å². The van der Waals surface area contributed by atoms with E-state index in [1.807, 2.05) is 6.92 Å². The van der Waals surface area contributed by atoms with Gasteiger partial charge in [0, 0.05) is 5.02 Å². The highest BCUT2D eigenvalue weighted by Crippen LogP contribution is 2.25. The summed E-state index contributed by atoms with van der Waals surface area (Å²) in [6, 6.07) is 7.52. The lowest BCUT2D eigenvalue weighted by molar-refractivity contribution is 0.0696. The summed E-state index contributed by atoms with van der Waals surface area (Å²) in [6.45, 7) is 5.05. The first-order valence-electron chi connectivity index (χ1n) is 6.75. The Kier molecular flexibility index (Phi) is 4.68. The second kappa shape index (κ2) is 6.22. The molecule has 0 aliphatic carbocycles. The van der Waals surface area contributed by atoms with Crippen LogP contribution >= 0.6 is 11.6 Å². The first-order valence-corrected chi connectivity index (χ1v) is 8.61. The number of anilines is 1. The van der Waals surface area contributed by atoms with Crippen LogP contribution in [0.15, 0.2) is 35.2 Å². The SMILES string of the molecule is Cc1ccc(NS(=O)(=O)c2cc(C(=O)O)c(C)cc2C)cc1Cl. The van der Waals surface area contributed by atoms with Crippen molar-refractivity contribution in [3.05, 3.63) is 57.6 Å². The summed E-state index contributed by atoms with van der Waals surface area (Å²) in [7, 11) is -3.92. The van der Waals surface area contributed by atoms with Crippen molar-refractivity contribution in [2.24, 2.45) is 0 Å². The lowest BCUT2D eigenvalue weighted by Crippen LogP contribution is -2.16. The van der Waals surface area contributed by atoms with Crippen molar-refractivity contribution in [3.63, 3.8) is 0 Å². The monoisotopic (exact) mass is 353 g/mol. The molecule has 7 heteroatoms. The van der Waals surface area contributed by atoms with Crippen LogP contribution in [0, 0.1) is 20.8 Å². The number of halogens is 1. The van der Waals surface area contributed by atoms with E-state index in [-0.39, 0.29) is 10.5 Å². The van der Waals surface area contributed by atoms with E-state index in [9.17, 15) is 18.3 Å². The third kappa shape index (κ3) is 3.65. The van der Waals surface area contributed by atoms with Crippen molar-refractivity contribution in [1.29, 1.82) is 0 Å². The maximum atomic E-state index is 12.6. The lowest BCUT2D eigenvalue weighted by atomic mass is 10.1. The predicted molar refractivity (Wildman–Crippen MR) is 89.9 cm³/mol. The number of nitrogens with one attached hydrogen (secondary N) is 1. The molecule has 0 fully saturated rings. The Bertz CT molecular complexity index is 891. The summed E-state index contributed by atoms with van der Waals surface area (Å²) in [6.07, 6.45) is 0. The Balaban J connectivity index is 2.49. The maximum Gasteiger partial charge on any atom is 0.335 e. The maximum absolute atomic E-state index is 12.6. The number of hydrogen-bond donors (Lipinski definition) is 2. The molecule has 0 bridgehead atoms. The van der Waals surface area contributed by atoms with Gasteiger partial charge < -0.3 is 5.11 Å². The highest BCUT2D eigenvalue weighted by Gasteiger charge is 2.21. The van der Waals surface area contributed by atoms with Gasteiger partial charge in [-0.3, -0.25) is 4.72 Å². The fourth-order valence-electron chi connectivity index (χ4n) is 2.22. The van der Waals surface area contributed by atoms with E-state index < -0.39 is 16.0 Å². The zero-order valence-electron chi connectivity index (χ0n) is 12.8. The third-order valence-electron chi connectivity index (χ3n) is 3.47. The van der Waals surface area contributed by atoms with E-state index in [0.717, 1.165) is 5.56 Å². The highest BCUT2D eigenvalue weighted by atomic mass is 35.5. The van der Waals surface area contributed by atoms with Gasteiger partial charge in [0.2, 0.25) is 0 Å². The highest BCUT2D eigenvalue weighted by molar-refractivity contribution is 7.92.